The zero-order valence-electron chi connectivity index (χ0n) is 18.9. The van der Waals surface area contributed by atoms with Crippen molar-refractivity contribution in [3.8, 4) is 17.0 Å². The molecule has 2 aromatic carbocycles. The van der Waals surface area contributed by atoms with Gasteiger partial charge in [-0.3, -0.25) is 0 Å². The van der Waals surface area contributed by atoms with Crippen molar-refractivity contribution in [1.29, 1.82) is 0 Å². The lowest BCUT2D eigenvalue weighted by molar-refractivity contribution is 0.405. The van der Waals surface area contributed by atoms with Gasteiger partial charge in [0.15, 0.2) is 5.82 Å². The second-order valence-electron chi connectivity index (χ2n) is 8.06. The van der Waals surface area contributed by atoms with Gasteiger partial charge in [-0.1, -0.05) is 35.9 Å². The molecular weight excluding hydrogens is 479 g/mol. The topological polar surface area (TPSA) is 109 Å². The first-order valence-electron chi connectivity index (χ1n) is 10.9. The lowest BCUT2D eigenvalue weighted by Gasteiger charge is -2.20. The third-order valence-electron chi connectivity index (χ3n) is 5.31. The van der Waals surface area contributed by atoms with Crippen molar-refractivity contribution in [2.45, 2.75) is 32.2 Å². The summed E-state index contributed by atoms with van der Waals surface area (Å²) >= 11 is 5.95. The Bertz CT molecular complexity index is 1240. The SMILES string of the molecule is CS(=O)(=O)N(CCCN)Cc1cccc(-c2nc(CCCc3ccc(O)c(Cl)c3)ncc2F)c1. The van der Waals surface area contributed by atoms with Crippen LogP contribution in [0.4, 0.5) is 4.39 Å². The van der Waals surface area contributed by atoms with Crippen molar-refractivity contribution in [1.82, 2.24) is 14.3 Å². The predicted molar refractivity (Wildman–Crippen MR) is 131 cm³/mol. The first-order valence-corrected chi connectivity index (χ1v) is 13.1. The molecule has 1 heterocycles. The number of sulfonamides is 1. The molecule has 7 nitrogen and oxygen atoms in total. The molecule has 0 amide bonds. The van der Waals surface area contributed by atoms with Gasteiger partial charge in [0.05, 0.1) is 17.5 Å². The molecule has 0 atom stereocenters. The largest absolute Gasteiger partial charge is 0.506 e. The minimum Gasteiger partial charge on any atom is -0.506 e. The number of benzene rings is 2. The van der Waals surface area contributed by atoms with Crippen LogP contribution in [0.3, 0.4) is 0 Å². The Kier molecular flexibility index (Phi) is 8.96. The fourth-order valence-corrected chi connectivity index (χ4v) is 4.58. The number of aryl methyl sites for hydroxylation is 2. The minimum absolute atomic E-state index is 0.0400. The maximum absolute atomic E-state index is 14.6. The fourth-order valence-electron chi connectivity index (χ4n) is 3.53. The average Bonchev–Trinajstić information content (AvgIpc) is 2.79. The summed E-state index contributed by atoms with van der Waals surface area (Å²) in [6, 6.07) is 12.1. The molecule has 0 aliphatic rings. The van der Waals surface area contributed by atoms with E-state index in [1.165, 1.54) is 4.31 Å². The molecule has 0 unspecified atom stereocenters. The van der Waals surface area contributed by atoms with Gasteiger partial charge in [0.2, 0.25) is 10.0 Å². The van der Waals surface area contributed by atoms with Crippen molar-refractivity contribution in [2.75, 3.05) is 19.3 Å². The maximum atomic E-state index is 14.6. The lowest BCUT2D eigenvalue weighted by Crippen LogP contribution is -2.31. The Hall–Kier alpha value is -2.59. The minimum atomic E-state index is -3.41. The highest BCUT2D eigenvalue weighted by Crippen LogP contribution is 2.25. The van der Waals surface area contributed by atoms with Crippen LogP contribution in [-0.4, -0.2) is 47.1 Å². The van der Waals surface area contributed by atoms with E-state index >= 15 is 0 Å². The van der Waals surface area contributed by atoms with E-state index in [9.17, 15) is 17.9 Å². The van der Waals surface area contributed by atoms with Crippen molar-refractivity contribution in [3.63, 3.8) is 0 Å². The molecule has 0 aliphatic heterocycles. The first kappa shape index (κ1) is 26.0. The summed E-state index contributed by atoms with van der Waals surface area (Å²) in [6.07, 6.45) is 4.83. The van der Waals surface area contributed by atoms with E-state index in [2.05, 4.69) is 9.97 Å². The Balaban J connectivity index is 1.74. The Morgan fingerprint density at radius 1 is 1.12 bits per heavy atom. The van der Waals surface area contributed by atoms with Crippen molar-refractivity contribution >= 4 is 21.6 Å². The summed E-state index contributed by atoms with van der Waals surface area (Å²) in [7, 11) is -3.41. The van der Waals surface area contributed by atoms with Gasteiger partial charge in [-0.2, -0.15) is 4.31 Å². The summed E-state index contributed by atoms with van der Waals surface area (Å²) in [4.78, 5) is 8.54. The van der Waals surface area contributed by atoms with Gasteiger partial charge in [-0.15, -0.1) is 0 Å². The number of hydrogen-bond acceptors (Lipinski definition) is 6. The number of halogens is 2. The summed E-state index contributed by atoms with van der Waals surface area (Å²) in [5.74, 6) is -0.0000947. The Labute approximate surface area is 204 Å². The number of phenolic OH excluding ortho intramolecular Hbond substituents is 1. The molecule has 34 heavy (non-hydrogen) atoms. The van der Waals surface area contributed by atoms with E-state index in [0.29, 0.717) is 48.8 Å². The van der Waals surface area contributed by atoms with Crippen LogP contribution in [0.5, 0.6) is 5.75 Å². The van der Waals surface area contributed by atoms with E-state index in [0.717, 1.165) is 30.0 Å². The lowest BCUT2D eigenvalue weighted by atomic mass is 10.1. The summed E-state index contributed by atoms with van der Waals surface area (Å²) in [5.41, 5.74) is 7.96. The van der Waals surface area contributed by atoms with Crippen LogP contribution in [0, 0.1) is 5.82 Å². The smallest absolute Gasteiger partial charge is 0.211 e. The normalized spacial score (nSPS) is 11.8. The van der Waals surface area contributed by atoms with Gasteiger partial charge in [-0.25, -0.2) is 22.8 Å². The molecule has 0 saturated heterocycles. The van der Waals surface area contributed by atoms with Crippen molar-refractivity contribution in [3.05, 3.63) is 76.5 Å². The van der Waals surface area contributed by atoms with E-state index < -0.39 is 15.8 Å². The summed E-state index contributed by atoms with van der Waals surface area (Å²) < 4.78 is 40.2. The average molecular weight is 507 g/mol. The molecule has 3 rings (SSSR count). The molecule has 3 N–H and O–H groups in total. The van der Waals surface area contributed by atoms with Crippen molar-refractivity contribution < 1.29 is 17.9 Å². The van der Waals surface area contributed by atoms with Gasteiger partial charge in [0, 0.05) is 25.1 Å². The molecule has 182 valence electrons. The highest BCUT2D eigenvalue weighted by atomic mass is 35.5. The zero-order chi connectivity index (χ0) is 24.7. The van der Waals surface area contributed by atoms with E-state index in [1.54, 1.807) is 42.5 Å². The zero-order valence-corrected chi connectivity index (χ0v) is 20.5. The molecule has 1 aromatic heterocycles. The number of hydrogen-bond donors (Lipinski definition) is 2. The summed E-state index contributed by atoms with van der Waals surface area (Å²) in [6.45, 7) is 0.875. The molecule has 0 spiro atoms. The number of aromatic nitrogens is 2. The van der Waals surface area contributed by atoms with Crippen LogP contribution in [0.1, 0.15) is 29.8 Å². The maximum Gasteiger partial charge on any atom is 0.211 e. The molecule has 0 bridgehead atoms. The second-order valence-corrected chi connectivity index (χ2v) is 10.5. The van der Waals surface area contributed by atoms with Crippen LogP contribution >= 0.6 is 11.6 Å². The molecule has 3 aromatic rings. The Morgan fingerprint density at radius 2 is 1.91 bits per heavy atom. The third-order valence-corrected chi connectivity index (χ3v) is 6.86. The second kappa shape index (κ2) is 11.7. The number of nitrogens with two attached hydrogens (primary N) is 1. The molecule has 0 aliphatic carbocycles. The monoisotopic (exact) mass is 506 g/mol. The number of rotatable bonds is 11. The summed E-state index contributed by atoms with van der Waals surface area (Å²) in [5, 5.41) is 9.83. The van der Waals surface area contributed by atoms with Gasteiger partial charge >= 0.3 is 0 Å². The van der Waals surface area contributed by atoms with Crippen LogP contribution in [0.15, 0.2) is 48.7 Å². The number of nitrogens with zero attached hydrogens (tertiary/aromatic N) is 3. The molecule has 0 fully saturated rings. The van der Waals surface area contributed by atoms with Gasteiger partial charge in [0.25, 0.3) is 0 Å². The molecule has 0 radical (unpaired) electrons. The molecular formula is C24H28ClFN4O3S. The first-order chi connectivity index (χ1) is 16.2. The third kappa shape index (κ3) is 7.20. The van der Waals surface area contributed by atoms with Crippen LogP contribution in [0.2, 0.25) is 5.02 Å². The quantitative estimate of drug-likeness (QED) is 0.408. The van der Waals surface area contributed by atoms with Gasteiger partial charge in [-0.05, 0) is 55.1 Å². The highest BCUT2D eigenvalue weighted by Gasteiger charge is 2.17. The fraction of sp³-hybridized carbons (Fsp3) is 0.333. The predicted octanol–water partition coefficient (Wildman–Crippen LogP) is 3.93. The van der Waals surface area contributed by atoms with Gasteiger partial charge < -0.3 is 10.8 Å². The van der Waals surface area contributed by atoms with E-state index in [4.69, 9.17) is 17.3 Å². The Morgan fingerprint density at radius 3 is 2.62 bits per heavy atom. The van der Waals surface area contributed by atoms with Gasteiger partial charge in [0.1, 0.15) is 17.3 Å². The van der Waals surface area contributed by atoms with Crippen LogP contribution in [0.25, 0.3) is 11.3 Å². The standard InChI is InChI=1S/C24H28ClFN4O3S/c1-34(32,33)30(12-4-11-27)16-18-6-2-7-19(13-18)24-21(26)15-28-23(29-24)8-3-5-17-9-10-22(31)20(25)14-17/h2,6-7,9-10,13-15,31H,3-5,8,11-12,16,27H2,1H3. The van der Waals surface area contributed by atoms with E-state index in [-0.39, 0.29) is 18.0 Å². The molecule has 0 saturated carbocycles. The number of phenols is 1. The van der Waals surface area contributed by atoms with E-state index in [1.807, 2.05) is 0 Å². The van der Waals surface area contributed by atoms with Crippen molar-refractivity contribution in [2.24, 2.45) is 5.73 Å². The van der Waals surface area contributed by atoms with Crippen LogP contribution < -0.4 is 5.73 Å². The molecule has 10 heteroatoms. The highest BCUT2D eigenvalue weighted by molar-refractivity contribution is 7.88. The number of aromatic hydroxyl groups is 1. The van der Waals surface area contributed by atoms with Crippen LogP contribution in [-0.2, 0) is 29.4 Å².